The number of benzene rings is 1. The molecular weight excluding hydrogens is 210 g/mol. The molecule has 2 rings (SSSR count). The highest BCUT2D eigenvalue weighted by molar-refractivity contribution is 5.25. The molecule has 1 saturated carbocycles. The van der Waals surface area contributed by atoms with Crippen LogP contribution in [-0.2, 0) is 6.54 Å². The second kappa shape index (κ2) is 6.06. The van der Waals surface area contributed by atoms with Crippen LogP contribution in [0.4, 0.5) is 0 Å². The average molecular weight is 233 g/mol. The van der Waals surface area contributed by atoms with Gasteiger partial charge in [-0.1, -0.05) is 38.3 Å². The summed E-state index contributed by atoms with van der Waals surface area (Å²) in [7, 11) is 0. The van der Waals surface area contributed by atoms with Crippen LogP contribution in [0.1, 0.15) is 44.6 Å². The van der Waals surface area contributed by atoms with Crippen molar-refractivity contribution in [2.45, 2.75) is 51.6 Å². The summed E-state index contributed by atoms with van der Waals surface area (Å²) in [5.74, 6) is 1.13. The average Bonchev–Trinajstić information content (AvgIpc) is 2.54. The molecule has 1 fully saturated rings. The predicted octanol–water partition coefficient (Wildman–Crippen LogP) is 3.45. The van der Waals surface area contributed by atoms with Gasteiger partial charge in [-0.2, -0.15) is 0 Å². The van der Waals surface area contributed by atoms with E-state index in [9.17, 15) is 5.11 Å². The van der Waals surface area contributed by atoms with Crippen molar-refractivity contribution in [1.29, 1.82) is 0 Å². The molecule has 2 atom stereocenters. The number of rotatable bonds is 3. The fourth-order valence-electron chi connectivity index (χ4n) is 2.66. The molecule has 17 heavy (non-hydrogen) atoms. The summed E-state index contributed by atoms with van der Waals surface area (Å²) in [4.78, 5) is 0. The number of nitrogens with one attached hydrogen (secondary N) is 1. The monoisotopic (exact) mass is 233 g/mol. The van der Waals surface area contributed by atoms with E-state index in [0.717, 1.165) is 12.5 Å². The smallest absolute Gasteiger partial charge is 0.115 e. The van der Waals surface area contributed by atoms with Gasteiger partial charge in [-0.05, 0) is 36.5 Å². The molecule has 0 bridgehead atoms. The highest BCUT2D eigenvalue weighted by atomic mass is 16.3. The lowest BCUT2D eigenvalue weighted by Crippen LogP contribution is -2.33. The molecule has 0 spiro atoms. The lowest BCUT2D eigenvalue weighted by molar-refractivity contribution is 0.356. The summed E-state index contributed by atoms with van der Waals surface area (Å²) in [6.45, 7) is 3.27. The van der Waals surface area contributed by atoms with Gasteiger partial charge in [-0.15, -0.1) is 0 Å². The molecular formula is C15H23NO. The van der Waals surface area contributed by atoms with Crippen molar-refractivity contribution >= 4 is 0 Å². The van der Waals surface area contributed by atoms with E-state index in [4.69, 9.17) is 0 Å². The molecule has 1 aromatic rings. The Balaban J connectivity index is 1.85. The third-order valence-electron chi connectivity index (χ3n) is 3.87. The Hall–Kier alpha value is -1.02. The fraction of sp³-hybridized carbons (Fsp3) is 0.600. The molecule has 0 amide bonds. The first-order valence-corrected chi connectivity index (χ1v) is 6.77. The van der Waals surface area contributed by atoms with E-state index in [-0.39, 0.29) is 0 Å². The van der Waals surface area contributed by atoms with E-state index in [1.807, 2.05) is 12.1 Å². The van der Waals surface area contributed by atoms with Gasteiger partial charge in [0.25, 0.3) is 0 Å². The van der Waals surface area contributed by atoms with Crippen LogP contribution in [0, 0.1) is 5.92 Å². The van der Waals surface area contributed by atoms with E-state index < -0.39 is 0 Å². The topological polar surface area (TPSA) is 32.3 Å². The molecule has 0 heterocycles. The Morgan fingerprint density at radius 2 is 1.82 bits per heavy atom. The maximum absolute atomic E-state index is 9.23. The lowest BCUT2D eigenvalue weighted by Gasteiger charge is -2.23. The van der Waals surface area contributed by atoms with Gasteiger partial charge in [0.1, 0.15) is 5.75 Å². The quantitative estimate of drug-likeness (QED) is 0.784. The van der Waals surface area contributed by atoms with Gasteiger partial charge in [0.15, 0.2) is 0 Å². The van der Waals surface area contributed by atoms with E-state index in [0.29, 0.717) is 11.8 Å². The van der Waals surface area contributed by atoms with Crippen molar-refractivity contribution in [3.05, 3.63) is 29.8 Å². The van der Waals surface area contributed by atoms with Crippen LogP contribution < -0.4 is 5.32 Å². The van der Waals surface area contributed by atoms with Crippen LogP contribution in [-0.4, -0.2) is 11.1 Å². The molecule has 0 saturated heterocycles. The molecule has 2 unspecified atom stereocenters. The normalized spacial score (nSPS) is 25.5. The van der Waals surface area contributed by atoms with Crippen LogP contribution in [0.2, 0.25) is 0 Å². The van der Waals surface area contributed by atoms with Gasteiger partial charge in [0, 0.05) is 12.6 Å². The van der Waals surface area contributed by atoms with Crippen molar-refractivity contribution < 1.29 is 5.11 Å². The minimum atomic E-state index is 0.344. The standard InChI is InChI=1S/C15H23NO/c1-12-5-3-2-4-6-15(12)16-11-13-7-9-14(17)10-8-13/h7-10,12,15-17H,2-6,11H2,1H3. The van der Waals surface area contributed by atoms with Gasteiger partial charge in [0.2, 0.25) is 0 Å². The Morgan fingerprint density at radius 3 is 2.59 bits per heavy atom. The fourth-order valence-corrected chi connectivity index (χ4v) is 2.66. The van der Waals surface area contributed by atoms with Crippen LogP contribution in [0.25, 0.3) is 0 Å². The number of hydrogen-bond acceptors (Lipinski definition) is 2. The first kappa shape index (κ1) is 12.4. The minimum Gasteiger partial charge on any atom is -0.508 e. The van der Waals surface area contributed by atoms with Crippen LogP contribution >= 0.6 is 0 Å². The van der Waals surface area contributed by atoms with Crippen molar-refractivity contribution in [3.8, 4) is 5.75 Å². The highest BCUT2D eigenvalue weighted by Gasteiger charge is 2.18. The van der Waals surface area contributed by atoms with E-state index in [2.05, 4.69) is 12.2 Å². The van der Waals surface area contributed by atoms with Gasteiger partial charge in [-0.25, -0.2) is 0 Å². The van der Waals surface area contributed by atoms with Gasteiger partial charge < -0.3 is 10.4 Å². The molecule has 94 valence electrons. The van der Waals surface area contributed by atoms with Crippen LogP contribution in [0.3, 0.4) is 0 Å². The van der Waals surface area contributed by atoms with Crippen molar-refractivity contribution in [2.24, 2.45) is 5.92 Å². The van der Waals surface area contributed by atoms with Gasteiger partial charge in [-0.3, -0.25) is 0 Å². The molecule has 2 nitrogen and oxygen atoms in total. The second-order valence-corrected chi connectivity index (χ2v) is 5.27. The Morgan fingerprint density at radius 1 is 1.12 bits per heavy atom. The maximum Gasteiger partial charge on any atom is 0.115 e. The van der Waals surface area contributed by atoms with Crippen molar-refractivity contribution in [3.63, 3.8) is 0 Å². The molecule has 1 aromatic carbocycles. The highest BCUT2D eigenvalue weighted by Crippen LogP contribution is 2.23. The largest absolute Gasteiger partial charge is 0.508 e. The summed E-state index contributed by atoms with van der Waals surface area (Å²) < 4.78 is 0. The first-order chi connectivity index (χ1) is 8.25. The van der Waals surface area contributed by atoms with Crippen LogP contribution in [0.15, 0.2) is 24.3 Å². The summed E-state index contributed by atoms with van der Waals surface area (Å²) in [6, 6.07) is 8.15. The molecule has 0 aromatic heterocycles. The summed E-state index contributed by atoms with van der Waals surface area (Å²) in [5.41, 5.74) is 1.25. The predicted molar refractivity (Wildman–Crippen MR) is 71.0 cm³/mol. The maximum atomic E-state index is 9.23. The number of hydrogen-bond donors (Lipinski definition) is 2. The summed E-state index contributed by atoms with van der Waals surface area (Å²) in [5, 5.41) is 12.9. The third-order valence-corrected chi connectivity index (χ3v) is 3.87. The van der Waals surface area contributed by atoms with Crippen molar-refractivity contribution in [1.82, 2.24) is 5.32 Å². The molecule has 0 aliphatic heterocycles. The zero-order chi connectivity index (χ0) is 12.1. The van der Waals surface area contributed by atoms with E-state index in [1.54, 1.807) is 12.1 Å². The first-order valence-electron chi connectivity index (χ1n) is 6.77. The summed E-state index contributed by atoms with van der Waals surface area (Å²) >= 11 is 0. The van der Waals surface area contributed by atoms with Crippen molar-refractivity contribution in [2.75, 3.05) is 0 Å². The van der Waals surface area contributed by atoms with Gasteiger partial charge in [0.05, 0.1) is 0 Å². The molecule has 1 aliphatic carbocycles. The molecule has 0 radical (unpaired) electrons. The Labute approximate surface area is 104 Å². The number of phenols is 1. The Bertz CT molecular complexity index is 333. The zero-order valence-corrected chi connectivity index (χ0v) is 10.7. The third kappa shape index (κ3) is 3.74. The molecule has 1 aliphatic rings. The van der Waals surface area contributed by atoms with E-state index >= 15 is 0 Å². The minimum absolute atomic E-state index is 0.344. The second-order valence-electron chi connectivity index (χ2n) is 5.27. The summed E-state index contributed by atoms with van der Waals surface area (Å²) in [6.07, 6.45) is 6.80. The molecule has 2 heteroatoms. The molecule has 2 N–H and O–H groups in total. The number of phenolic OH excluding ortho intramolecular Hbond substituents is 1. The Kier molecular flexibility index (Phi) is 4.43. The van der Waals surface area contributed by atoms with E-state index in [1.165, 1.54) is 37.7 Å². The SMILES string of the molecule is CC1CCCCCC1NCc1ccc(O)cc1. The van der Waals surface area contributed by atoms with Gasteiger partial charge >= 0.3 is 0 Å². The zero-order valence-electron chi connectivity index (χ0n) is 10.7. The lowest BCUT2D eigenvalue weighted by atomic mass is 9.97. The van der Waals surface area contributed by atoms with Crippen LogP contribution in [0.5, 0.6) is 5.75 Å². The number of aromatic hydroxyl groups is 1.